The number of nitrogens with one attached hydrogen (secondary N) is 4. The van der Waals surface area contributed by atoms with E-state index in [4.69, 9.17) is 0 Å². The number of thioether (sulfide) groups is 1. The second-order valence-corrected chi connectivity index (χ2v) is 32.5. The SMILES string of the molecule is C/C=C/C[C@@H](C)[C@@H](O)[C@H]1C(=O)N[C@@H](CC)C(=O)N(C)[C@H](CSCCN(CC(C)C)CC(C)C)C(=O)N(C)[C@@H](CC(C)(C)O)C(=O)N[C@@H](C(C)C)C(=O)N(C)[C@@H](CC(C)C)C(=O)N[C@@H](C)C(=O)N[C@H](C)C(=O)N(C)[C@@H](CC(C)C)C(=O)N(C)[C@@H](CC(C)C)C(=O)N(C)[C@@H](C(C)C)C(=O)N1C. The summed E-state index contributed by atoms with van der Waals surface area (Å²) >= 11 is 1.42. The number of hydrogen-bond donors (Lipinski definition) is 6. The van der Waals surface area contributed by atoms with Crippen LogP contribution in [0.4, 0.5) is 0 Å². The van der Waals surface area contributed by atoms with Crippen molar-refractivity contribution >= 4 is 76.7 Å². The molecule has 570 valence electrons. The lowest BCUT2D eigenvalue weighted by Gasteiger charge is -2.41. The molecule has 0 aliphatic carbocycles. The number of rotatable bonds is 24. The Kier molecular flexibility index (Phi) is 38.6. The molecule has 0 aromatic rings. The molecule has 11 amide bonds. The smallest absolute Gasteiger partial charge is 0.246 e. The van der Waals surface area contributed by atoms with Crippen molar-refractivity contribution in [1.29, 1.82) is 0 Å². The van der Waals surface area contributed by atoms with Crippen molar-refractivity contribution in [3.63, 3.8) is 0 Å². The van der Waals surface area contributed by atoms with Crippen molar-refractivity contribution in [2.24, 2.45) is 47.3 Å². The van der Waals surface area contributed by atoms with Crippen molar-refractivity contribution in [3.8, 4) is 0 Å². The Bertz CT molecular complexity index is 2680. The first-order valence-electron chi connectivity index (χ1n) is 36.0. The highest BCUT2D eigenvalue weighted by molar-refractivity contribution is 7.99. The van der Waals surface area contributed by atoms with E-state index in [1.807, 2.05) is 47.6 Å². The van der Waals surface area contributed by atoms with Crippen LogP contribution in [0.25, 0.3) is 0 Å². The van der Waals surface area contributed by atoms with Crippen LogP contribution in [0.3, 0.4) is 0 Å². The lowest BCUT2D eigenvalue weighted by atomic mass is 9.91. The number of likely N-dealkylation sites (N-methyl/N-ethyl adjacent to an activating group) is 7. The zero-order chi connectivity index (χ0) is 76.7. The fourth-order valence-corrected chi connectivity index (χ4v) is 13.8. The molecule has 0 aromatic heterocycles. The molecule has 0 bridgehead atoms. The lowest BCUT2D eigenvalue weighted by Crippen LogP contribution is -2.64. The van der Waals surface area contributed by atoms with E-state index in [2.05, 4.69) is 53.9 Å². The highest BCUT2D eigenvalue weighted by Gasteiger charge is 2.47. The van der Waals surface area contributed by atoms with Crippen LogP contribution in [0.5, 0.6) is 0 Å². The van der Waals surface area contributed by atoms with Crippen LogP contribution in [0.15, 0.2) is 12.2 Å². The van der Waals surface area contributed by atoms with Crippen LogP contribution in [0.1, 0.15) is 184 Å². The summed E-state index contributed by atoms with van der Waals surface area (Å²) in [7, 11) is 9.93. The van der Waals surface area contributed by atoms with E-state index in [1.54, 1.807) is 54.5 Å². The second-order valence-electron chi connectivity index (χ2n) is 31.3. The van der Waals surface area contributed by atoms with Gasteiger partial charge in [-0.3, -0.25) is 52.7 Å². The molecule has 1 fully saturated rings. The van der Waals surface area contributed by atoms with Crippen LogP contribution in [0.2, 0.25) is 0 Å². The van der Waals surface area contributed by atoms with Gasteiger partial charge in [0.2, 0.25) is 65.0 Å². The molecule has 0 aromatic carbocycles. The Labute approximate surface area is 599 Å². The van der Waals surface area contributed by atoms with E-state index in [1.165, 1.54) is 113 Å². The third-order valence-electron chi connectivity index (χ3n) is 18.5. The van der Waals surface area contributed by atoms with Gasteiger partial charge in [0.15, 0.2) is 0 Å². The predicted octanol–water partition coefficient (Wildman–Crippen LogP) is 5.10. The quantitative estimate of drug-likeness (QED) is 0.0541. The molecule has 1 aliphatic rings. The van der Waals surface area contributed by atoms with E-state index in [9.17, 15) is 29.4 Å². The van der Waals surface area contributed by atoms with Crippen LogP contribution in [-0.2, 0) is 52.7 Å². The highest BCUT2D eigenvalue weighted by Crippen LogP contribution is 2.27. The standard InChI is InChI=1S/C73H134N12O13S/c1-29-31-32-49(17)61(86)60-65(90)76-52(30-2)67(92)82(26)57(41-99-34-33-85(39-45(9)10)40-46(11)12)70(95)81(25)56(38-73(20,21)98)64(89)77-58(47(13)14)71(96)78(22)53(35-42(3)4)63(88)74-50(18)62(87)75-51(19)66(91)79(23)54(36-43(5)6)68(93)80(24)55(37-44(7)8)69(94)83(27)59(48(15)16)72(97)84(60)28/h29,31,42-61,86,98H,30,32-41H2,1-28H3,(H,74,88)(H,75,87)(H,76,90)(H,77,89)/b31-29+/t49-,50+,51-,52+,53+,54+,55+,56+,57-,58+,59+,60+,61-/m1/s1. The third-order valence-corrected chi connectivity index (χ3v) is 19.5. The minimum Gasteiger partial charge on any atom is -0.390 e. The molecule has 1 aliphatic heterocycles. The molecule has 25 nitrogen and oxygen atoms in total. The molecule has 1 heterocycles. The Morgan fingerprint density at radius 3 is 1.36 bits per heavy atom. The first kappa shape index (κ1) is 91.2. The van der Waals surface area contributed by atoms with Crippen LogP contribution < -0.4 is 21.3 Å². The van der Waals surface area contributed by atoms with Gasteiger partial charge in [-0.05, 0) is 114 Å². The molecule has 26 heteroatoms. The Morgan fingerprint density at radius 1 is 0.485 bits per heavy atom. The van der Waals surface area contributed by atoms with Gasteiger partial charge in [-0.2, -0.15) is 11.8 Å². The van der Waals surface area contributed by atoms with E-state index < -0.39 is 161 Å². The summed E-state index contributed by atoms with van der Waals surface area (Å²) in [6.07, 6.45) is 2.36. The minimum atomic E-state index is -1.66. The molecule has 1 rings (SSSR count). The molecule has 0 spiro atoms. The van der Waals surface area contributed by atoms with Crippen molar-refractivity contribution < 1.29 is 63.0 Å². The fraction of sp³-hybridized carbons (Fsp3) is 0.822. The summed E-state index contributed by atoms with van der Waals surface area (Å²) in [6.45, 7) is 39.9. The Hall–Kier alpha value is -5.86. The fourth-order valence-electron chi connectivity index (χ4n) is 12.7. The molecule has 99 heavy (non-hydrogen) atoms. The molecule has 0 radical (unpaired) electrons. The Morgan fingerprint density at radius 2 is 0.909 bits per heavy atom. The molecule has 6 N–H and O–H groups in total. The normalized spacial score (nSPS) is 25.9. The van der Waals surface area contributed by atoms with Gasteiger partial charge in [0.25, 0.3) is 0 Å². The van der Waals surface area contributed by atoms with Gasteiger partial charge in [0.05, 0.1) is 11.7 Å². The van der Waals surface area contributed by atoms with Crippen molar-refractivity contribution in [2.75, 3.05) is 80.5 Å². The van der Waals surface area contributed by atoms with Gasteiger partial charge in [-0.1, -0.05) is 123 Å². The maximum absolute atomic E-state index is 15.6. The number of aliphatic hydroxyl groups is 2. The second kappa shape index (κ2) is 41.9. The summed E-state index contributed by atoms with van der Waals surface area (Å²) in [6, 6.07) is -14.4. The maximum Gasteiger partial charge on any atom is 0.246 e. The number of hydrogen-bond acceptors (Lipinski definition) is 15. The summed E-state index contributed by atoms with van der Waals surface area (Å²) in [5, 5.41) is 35.0. The van der Waals surface area contributed by atoms with E-state index in [-0.39, 0.29) is 62.0 Å². The molecule has 13 atom stereocenters. The van der Waals surface area contributed by atoms with Crippen LogP contribution >= 0.6 is 11.8 Å². The molecule has 1 saturated heterocycles. The number of nitrogens with zero attached hydrogens (tertiary/aromatic N) is 8. The van der Waals surface area contributed by atoms with E-state index in [0.29, 0.717) is 24.1 Å². The molecular formula is C73H134N12O13S. The number of allylic oxidation sites excluding steroid dienone is 2. The third kappa shape index (κ3) is 27.8. The zero-order valence-electron chi connectivity index (χ0n) is 65.9. The average Bonchev–Trinajstić information content (AvgIpc) is 0.807. The summed E-state index contributed by atoms with van der Waals surface area (Å²) in [4.78, 5) is 176. The average molecular weight is 1420 g/mol. The summed E-state index contributed by atoms with van der Waals surface area (Å²) < 4.78 is 0. The maximum atomic E-state index is 15.6. The summed E-state index contributed by atoms with van der Waals surface area (Å²) in [5.74, 6) is -8.98. The zero-order valence-corrected chi connectivity index (χ0v) is 66.7. The van der Waals surface area contributed by atoms with Crippen LogP contribution in [0, 0.1) is 47.3 Å². The van der Waals surface area contributed by atoms with Crippen molar-refractivity contribution in [1.82, 2.24) is 60.5 Å². The molecule has 0 saturated carbocycles. The lowest BCUT2D eigenvalue weighted by molar-refractivity contribution is -0.157. The van der Waals surface area contributed by atoms with Crippen LogP contribution in [-0.4, -0.2) is 273 Å². The first-order valence-corrected chi connectivity index (χ1v) is 37.2. The predicted molar refractivity (Wildman–Crippen MR) is 392 cm³/mol. The van der Waals surface area contributed by atoms with Gasteiger partial charge in [-0.25, -0.2) is 0 Å². The number of amides is 11. The molecule has 0 unspecified atom stereocenters. The monoisotopic (exact) mass is 1420 g/mol. The van der Waals surface area contributed by atoms with Crippen molar-refractivity contribution in [3.05, 3.63) is 12.2 Å². The van der Waals surface area contributed by atoms with Gasteiger partial charge in [-0.15, -0.1) is 0 Å². The first-order chi connectivity index (χ1) is 45.6. The highest BCUT2D eigenvalue weighted by atomic mass is 32.2. The van der Waals surface area contributed by atoms with Gasteiger partial charge < -0.3 is 70.7 Å². The topological polar surface area (TPSA) is 302 Å². The van der Waals surface area contributed by atoms with Crippen molar-refractivity contribution in [2.45, 2.75) is 262 Å². The number of carbonyl (C=O) groups excluding carboxylic acids is 11. The number of carbonyl (C=O) groups is 11. The molecular weight excluding hydrogens is 1280 g/mol. The van der Waals surface area contributed by atoms with E-state index in [0.717, 1.165) is 22.9 Å². The summed E-state index contributed by atoms with van der Waals surface area (Å²) in [5.41, 5.74) is -1.59. The minimum absolute atomic E-state index is 0.0138. The largest absolute Gasteiger partial charge is 0.390 e. The van der Waals surface area contributed by atoms with Gasteiger partial charge in [0.1, 0.15) is 66.5 Å². The van der Waals surface area contributed by atoms with Gasteiger partial charge >= 0.3 is 0 Å². The van der Waals surface area contributed by atoms with Gasteiger partial charge in [0, 0.05) is 86.9 Å². The number of aliphatic hydroxyl groups excluding tert-OH is 1. The van der Waals surface area contributed by atoms with E-state index >= 15 is 33.6 Å². The Balaban J connectivity index is 4.63.